The molecule has 2 rings (SSSR count). The van der Waals surface area contributed by atoms with Crippen molar-refractivity contribution in [2.24, 2.45) is 0 Å². The average Bonchev–Trinajstić information content (AvgIpc) is 2.95. The minimum absolute atomic E-state index is 0.00834. The molecule has 0 radical (unpaired) electrons. The van der Waals surface area contributed by atoms with Crippen molar-refractivity contribution in [3.8, 4) is 0 Å². The van der Waals surface area contributed by atoms with E-state index in [0.29, 0.717) is 16.2 Å². The van der Waals surface area contributed by atoms with E-state index in [1.807, 2.05) is 30.5 Å². The second kappa shape index (κ2) is 6.54. The maximum absolute atomic E-state index is 12.4. The Morgan fingerprint density at radius 1 is 1.19 bits per heavy atom. The van der Waals surface area contributed by atoms with E-state index in [2.05, 4.69) is 0 Å². The number of hydrogen-bond acceptors (Lipinski definition) is 4. The number of thiophene rings is 1. The predicted molar refractivity (Wildman–Crippen MR) is 85.9 cm³/mol. The molecule has 3 nitrogen and oxygen atoms in total. The molecule has 21 heavy (non-hydrogen) atoms. The van der Waals surface area contributed by atoms with Crippen LogP contribution in [0.2, 0.25) is 0 Å². The molecule has 112 valence electrons. The zero-order chi connectivity index (χ0) is 15.5. The smallest absolute Gasteiger partial charge is 0.178 e. The van der Waals surface area contributed by atoms with E-state index in [1.165, 1.54) is 11.3 Å². The number of carbonyl (C=O) groups is 1. The van der Waals surface area contributed by atoms with Crippen LogP contribution in [-0.4, -0.2) is 20.0 Å². The molecule has 1 aromatic heterocycles. The molecule has 1 aromatic carbocycles. The monoisotopic (exact) mass is 322 g/mol. The van der Waals surface area contributed by atoms with Crippen LogP contribution in [0.3, 0.4) is 0 Å². The van der Waals surface area contributed by atoms with E-state index in [1.54, 1.807) is 19.1 Å². The lowest BCUT2D eigenvalue weighted by molar-refractivity contribution is 0.0986. The van der Waals surface area contributed by atoms with Crippen LogP contribution < -0.4 is 0 Å². The lowest BCUT2D eigenvalue weighted by Gasteiger charge is -2.08. The van der Waals surface area contributed by atoms with E-state index in [0.717, 1.165) is 11.1 Å². The number of benzene rings is 1. The Labute approximate surface area is 129 Å². The lowest BCUT2D eigenvalue weighted by Crippen LogP contribution is -2.10. The standard InChI is InChI=1S/C16H18O3S2/c1-12-7-8-13(2)16(11-12)21(18,19)10-4-5-14(17)15-6-3-9-20-15/h3,6-9,11H,4-5,10H2,1-2H3. The number of ketones is 1. The molecule has 0 bridgehead atoms. The zero-order valence-corrected chi connectivity index (χ0v) is 13.8. The van der Waals surface area contributed by atoms with Gasteiger partial charge in [-0.25, -0.2) is 8.42 Å². The second-order valence-corrected chi connectivity index (χ2v) is 8.12. The van der Waals surface area contributed by atoms with E-state index in [-0.39, 0.29) is 18.0 Å². The Balaban J connectivity index is 2.02. The molecule has 1 heterocycles. The fourth-order valence-electron chi connectivity index (χ4n) is 2.14. The van der Waals surface area contributed by atoms with Crippen LogP contribution in [0, 0.1) is 13.8 Å². The molecule has 0 spiro atoms. The summed E-state index contributed by atoms with van der Waals surface area (Å²) in [5.41, 5.74) is 1.68. The molecule has 5 heteroatoms. The largest absolute Gasteiger partial charge is 0.293 e. The Kier molecular flexibility index (Phi) is 4.96. The van der Waals surface area contributed by atoms with Crippen molar-refractivity contribution in [1.29, 1.82) is 0 Å². The van der Waals surface area contributed by atoms with Gasteiger partial charge in [0.2, 0.25) is 0 Å². The highest BCUT2D eigenvalue weighted by Gasteiger charge is 2.18. The number of hydrogen-bond donors (Lipinski definition) is 0. The normalized spacial score (nSPS) is 11.5. The fourth-order valence-corrected chi connectivity index (χ4v) is 4.50. The number of carbonyl (C=O) groups excluding carboxylic acids is 1. The third kappa shape index (κ3) is 4.02. The van der Waals surface area contributed by atoms with E-state index >= 15 is 0 Å². The van der Waals surface area contributed by atoms with Crippen LogP contribution in [0.25, 0.3) is 0 Å². The highest BCUT2D eigenvalue weighted by molar-refractivity contribution is 7.91. The van der Waals surface area contributed by atoms with Gasteiger partial charge in [0.1, 0.15) is 0 Å². The van der Waals surface area contributed by atoms with E-state index in [9.17, 15) is 13.2 Å². The SMILES string of the molecule is Cc1ccc(C)c(S(=O)(=O)CCCC(=O)c2cccs2)c1. The minimum Gasteiger partial charge on any atom is -0.293 e. The summed E-state index contributed by atoms with van der Waals surface area (Å²) in [5.74, 6) is 0.0233. The van der Waals surface area contributed by atoms with Crippen LogP contribution in [-0.2, 0) is 9.84 Å². The number of aryl methyl sites for hydroxylation is 2. The van der Waals surface area contributed by atoms with Crippen molar-refractivity contribution < 1.29 is 13.2 Å². The van der Waals surface area contributed by atoms with Crippen molar-refractivity contribution in [2.75, 3.05) is 5.75 Å². The third-order valence-corrected chi connectivity index (χ3v) is 6.14. The van der Waals surface area contributed by atoms with Gasteiger partial charge < -0.3 is 0 Å². The minimum atomic E-state index is -3.33. The summed E-state index contributed by atoms with van der Waals surface area (Å²) in [6, 6.07) is 9.01. The van der Waals surface area contributed by atoms with Gasteiger partial charge in [-0.1, -0.05) is 18.2 Å². The van der Waals surface area contributed by atoms with Gasteiger partial charge in [0, 0.05) is 6.42 Å². The first-order valence-corrected chi connectivity index (χ1v) is 9.30. The number of Topliss-reactive ketones (excluding diaryl/α,β-unsaturated/α-hetero) is 1. The lowest BCUT2D eigenvalue weighted by atomic mass is 10.2. The molecule has 0 atom stereocenters. The molecule has 0 N–H and O–H groups in total. The van der Waals surface area contributed by atoms with Gasteiger partial charge in [-0.15, -0.1) is 11.3 Å². The Hall–Kier alpha value is -1.46. The Bertz CT molecular complexity index is 729. The topological polar surface area (TPSA) is 51.2 Å². The zero-order valence-electron chi connectivity index (χ0n) is 12.1. The summed E-state index contributed by atoms with van der Waals surface area (Å²) >= 11 is 1.39. The van der Waals surface area contributed by atoms with Crippen molar-refractivity contribution in [2.45, 2.75) is 31.6 Å². The molecule has 0 saturated carbocycles. The van der Waals surface area contributed by atoms with Gasteiger partial charge in [0.25, 0.3) is 0 Å². The summed E-state index contributed by atoms with van der Waals surface area (Å²) in [4.78, 5) is 12.9. The first kappa shape index (κ1) is 15.9. The van der Waals surface area contributed by atoms with Crippen molar-refractivity contribution in [3.05, 3.63) is 51.7 Å². The van der Waals surface area contributed by atoms with Crippen molar-refractivity contribution in [3.63, 3.8) is 0 Å². The quantitative estimate of drug-likeness (QED) is 0.760. The summed E-state index contributed by atoms with van der Waals surface area (Å²) < 4.78 is 24.7. The Morgan fingerprint density at radius 2 is 1.95 bits per heavy atom. The maximum atomic E-state index is 12.4. The second-order valence-electron chi connectivity index (χ2n) is 5.09. The summed E-state index contributed by atoms with van der Waals surface area (Å²) in [5, 5.41) is 1.85. The van der Waals surface area contributed by atoms with Gasteiger partial charge in [-0.2, -0.15) is 0 Å². The van der Waals surface area contributed by atoms with E-state index < -0.39 is 9.84 Å². The predicted octanol–water partition coefficient (Wildman–Crippen LogP) is 3.80. The van der Waals surface area contributed by atoms with Gasteiger partial charge in [-0.3, -0.25) is 4.79 Å². The molecular weight excluding hydrogens is 304 g/mol. The van der Waals surface area contributed by atoms with Crippen LogP contribution in [0.15, 0.2) is 40.6 Å². The molecular formula is C16H18O3S2. The maximum Gasteiger partial charge on any atom is 0.178 e. The molecule has 2 aromatic rings. The summed E-state index contributed by atoms with van der Waals surface area (Å²) in [7, 11) is -3.33. The molecule has 0 aliphatic rings. The molecule has 0 unspecified atom stereocenters. The van der Waals surface area contributed by atoms with E-state index in [4.69, 9.17) is 0 Å². The molecule has 0 saturated heterocycles. The van der Waals surface area contributed by atoms with Gasteiger partial charge in [0.05, 0.1) is 15.5 Å². The highest BCUT2D eigenvalue weighted by atomic mass is 32.2. The molecule has 0 amide bonds. The van der Waals surface area contributed by atoms with Crippen molar-refractivity contribution in [1.82, 2.24) is 0 Å². The average molecular weight is 322 g/mol. The summed E-state index contributed by atoms with van der Waals surface area (Å²) in [6.45, 7) is 3.67. The van der Waals surface area contributed by atoms with Crippen LogP contribution >= 0.6 is 11.3 Å². The first-order chi connectivity index (χ1) is 9.90. The van der Waals surface area contributed by atoms with Crippen LogP contribution in [0.1, 0.15) is 33.6 Å². The van der Waals surface area contributed by atoms with Gasteiger partial charge in [0.15, 0.2) is 15.6 Å². The molecule has 0 aliphatic heterocycles. The Morgan fingerprint density at radius 3 is 2.62 bits per heavy atom. The van der Waals surface area contributed by atoms with Gasteiger partial charge >= 0.3 is 0 Å². The number of sulfone groups is 1. The highest BCUT2D eigenvalue weighted by Crippen LogP contribution is 2.20. The molecule has 0 fully saturated rings. The first-order valence-electron chi connectivity index (χ1n) is 6.77. The van der Waals surface area contributed by atoms with Crippen molar-refractivity contribution >= 4 is 27.0 Å². The van der Waals surface area contributed by atoms with Crippen LogP contribution in [0.4, 0.5) is 0 Å². The summed E-state index contributed by atoms with van der Waals surface area (Å²) in [6.07, 6.45) is 0.622. The fraction of sp³-hybridized carbons (Fsp3) is 0.312. The number of rotatable bonds is 6. The van der Waals surface area contributed by atoms with Gasteiger partial charge in [-0.05, 0) is 48.9 Å². The van der Waals surface area contributed by atoms with Crippen LogP contribution in [0.5, 0.6) is 0 Å². The molecule has 0 aliphatic carbocycles. The third-order valence-electron chi connectivity index (χ3n) is 3.29.